The lowest BCUT2D eigenvalue weighted by atomic mass is 9.92. The lowest BCUT2D eigenvalue weighted by Gasteiger charge is -2.18. The molecule has 19 heavy (non-hydrogen) atoms. The van der Waals surface area contributed by atoms with Gasteiger partial charge in [-0.05, 0) is 24.0 Å². The summed E-state index contributed by atoms with van der Waals surface area (Å²) in [6.45, 7) is 7.67. The summed E-state index contributed by atoms with van der Waals surface area (Å²) in [6, 6.07) is 7.88. The summed E-state index contributed by atoms with van der Waals surface area (Å²) in [5.41, 5.74) is 7.90. The summed E-state index contributed by atoms with van der Waals surface area (Å²) < 4.78 is 2.22. The number of amidine groups is 1. The second-order valence-corrected chi connectivity index (χ2v) is 6.04. The Hall–Kier alpha value is -1.97. The number of fused-ring (bicyclic) bond motifs is 1. The molecule has 1 heterocycles. The first kappa shape index (κ1) is 13.5. The molecule has 0 atom stereocenters. The topological polar surface area (TPSA) is 63.5 Å². The number of oxime groups is 1. The first-order chi connectivity index (χ1) is 8.92. The van der Waals surface area contributed by atoms with E-state index in [4.69, 9.17) is 10.9 Å². The van der Waals surface area contributed by atoms with Gasteiger partial charge in [0.05, 0.1) is 0 Å². The minimum absolute atomic E-state index is 0.152. The maximum absolute atomic E-state index is 8.82. The van der Waals surface area contributed by atoms with Gasteiger partial charge in [0, 0.05) is 29.2 Å². The van der Waals surface area contributed by atoms with Crippen molar-refractivity contribution < 1.29 is 5.21 Å². The van der Waals surface area contributed by atoms with Gasteiger partial charge in [-0.1, -0.05) is 38.1 Å². The predicted octanol–water partition coefficient (Wildman–Crippen LogP) is 3.17. The Labute approximate surface area is 113 Å². The van der Waals surface area contributed by atoms with Crippen molar-refractivity contribution in [3.63, 3.8) is 0 Å². The quantitative estimate of drug-likeness (QED) is 0.385. The zero-order valence-electron chi connectivity index (χ0n) is 11.7. The molecule has 0 aliphatic carbocycles. The predicted molar refractivity (Wildman–Crippen MR) is 78.5 cm³/mol. The van der Waals surface area contributed by atoms with Crippen LogP contribution >= 0.6 is 0 Å². The van der Waals surface area contributed by atoms with Crippen LogP contribution in [0.5, 0.6) is 0 Å². The molecule has 0 amide bonds. The molecule has 0 spiro atoms. The molecule has 4 heteroatoms. The highest BCUT2D eigenvalue weighted by Crippen LogP contribution is 2.24. The van der Waals surface area contributed by atoms with Gasteiger partial charge in [-0.25, -0.2) is 0 Å². The van der Waals surface area contributed by atoms with Crippen molar-refractivity contribution in [1.82, 2.24) is 4.57 Å². The first-order valence-electron chi connectivity index (χ1n) is 6.48. The molecule has 2 rings (SSSR count). The molecule has 0 unspecified atom stereocenters. The van der Waals surface area contributed by atoms with Crippen LogP contribution in [0.2, 0.25) is 0 Å². The molecule has 0 fully saturated rings. The van der Waals surface area contributed by atoms with E-state index < -0.39 is 0 Å². The maximum atomic E-state index is 8.82. The third-order valence-electron chi connectivity index (χ3n) is 3.30. The van der Waals surface area contributed by atoms with E-state index in [1.54, 1.807) is 0 Å². The Morgan fingerprint density at radius 2 is 2.05 bits per heavy atom. The van der Waals surface area contributed by atoms with E-state index in [-0.39, 0.29) is 5.84 Å². The number of aryl methyl sites for hydroxylation is 1. The molecule has 0 saturated heterocycles. The van der Waals surface area contributed by atoms with Crippen molar-refractivity contribution in [3.05, 3.63) is 36.0 Å². The van der Waals surface area contributed by atoms with E-state index in [1.807, 2.05) is 18.2 Å². The molecule has 0 aliphatic rings. The first-order valence-corrected chi connectivity index (χ1v) is 6.48. The van der Waals surface area contributed by atoms with Crippen molar-refractivity contribution in [2.75, 3.05) is 0 Å². The highest BCUT2D eigenvalue weighted by atomic mass is 16.4. The molecular formula is C15H21N3O. The Balaban J connectivity index is 2.39. The van der Waals surface area contributed by atoms with E-state index in [0.29, 0.717) is 5.41 Å². The minimum Gasteiger partial charge on any atom is -0.409 e. The Morgan fingerprint density at radius 1 is 1.32 bits per heavy atom. The van der Waals surface area contributed by atoms with Crippen LogP contribution in [0, 0.1) is 5.41 Å². The average molecular weight is 259 g/mol. The molecule has 0 aliphatic heterocycles. The van der Waals surface area contributed by atoms with E-state index in [0.717, 1.165) is 29.4 Å². The normalized spacial score (nSPS) is 13.1. The summed E-state index contributed by atoms with van der Waals surface area (Å²) in [7, 11) is 0. The molecular weight excluding hydrogens is 238 g/mol. The number of hydrogen-bond donors (Lipinski definition) is 2. The highest BCUT2D eigenvalue weighted by molar-refractivity contribution is 6.08. The van der Waals surface area contributed by atoms with Crippen molar-refractivity contribution in [1.29, 1.82) is 0 Å². The lowest BCUT2D eigenvalue weighted by molar-refractivity contribution is 0.318. The van der Waals surface area contributed by atoms with Gasteiger partial charge in [0.1, 0.15) is 0 Å². The minimum atomic E-state index is 0.152. The molecule has 1 aromatic carbocycles. The fourth-order valence-electron chi connectivity index (χ4n) is 2.15. The summed E-state index contributed by atoms with van der Waals surface area (Å²) in [4.78, 5) is 0. The molecule has 0 radical (unpaired) electrons. The van der Waals surface area contributed by atoms with Crippen LogP contribution in [0.15, 0.2) is 35.6 Å². The Morgan fingerprint density at radius 3 is 2.68 bits per heavy atom. The molecule has 4 nitrogen and oxygen atoms in total. The van der Waals surface area contributed by atoms with Gasteiger partial charge in [-0.15, -0.1) is 0 Å². The van der Waals surface area contributed by atoms with Gasteiger partial charge in [0.15, 0.2) is 5.84 Å². The third kappa shape index (κ3) is 2.89. The van der Waals surface area contributed by atoms with Crippen molar-refractivity contribution in [2.45, 2.75) is 33.7 Å². The molecule has 102 valence electrons. The smallest absolute Gasteiger partial charge is 0.170 e. The van der Waals surface area contributed by atoms with E-state index in [9.17, 15) is 0 Å². The van der Waals surface area contributed by atoms with Gasteiger partial charge in [0.2, 0.25) is 0 Å². The number of nitrogens with zero attached hydrogens (tertiary/aromatic N) is 2. The highest BCUT2D eigenvalue weighted by Gasteiger charge is 2.12. The molecule has 0 bridgehead atoms. The molecule has 0 saturated carbocycles. The summed E-state index contributed by atoms with van der Waals surface area (Å²) in [5, 5.41) is 12.9. The van der Waals surface area contributed by atoms with Crippen molar-refractivity contribution in [3.8, 4) is 0 Å². The Bertz CT molecular complexity index is 605. The zero-order chi connectivity index (χ0) is 14.0. The summed E-state index contributed by atoms with van der Waals surface area (Å²) in [6.07, 6.45) is 3.16. The van der Waals surface area contributed by atoms with Crippen LogP contribution in [0.3, 0.4) is 0 Å². The van der Waals surface area contributed by atoms with Crippen LogP contribution in [0.4, 0.5) is 0 Å². The second kappa shape index (κ2) is 4.96. The monoisotopic (exact) mass is 259 g/mol. The van der Waals surface area contributed by atoms with Crippen LogP contribution in [0.1, 0.15) is 32.8 Å². The van der Waals surface area contributed by atoms with E-state index in [1.165, 1.54) is 0 Å². The summed E-state index contributed by atoms with van der Waals surface area (Å²) in [5.74, 6) is 0.152. The van der Waals surface area contributed by atoms with Gasteiger partial charge in [-0.2, -0.15) is 0 Å². The van der Waals surface area contributed by atoms with Crippen LogP contribution in [-0.2, 0) is 6.54 Å². The van der Waals surface area contributed by atoms with Gasteiger partial charge < -0.3 is 15.5 Å². The van der Waals surface area contributed by atoms with Crippen LogP contribution in [-0.4, -0.2) is 15.6 Å². The van der Waals surface area contributed by atoms with Crippen LogP contribution < -0.4 is 5.73 Å². The molecule has 1 aromatic heterocycles. The Kier molecular flexibility index (Phi) is 3.51. The van der Waals surface area contributed by atoms with Gasteiger partial charge in [-0.3, -0.25) is 0 Å². The average Bonchev–Trinajstić information content (AvgIpc) is 2.77. The summed E-state index contributed by atoms with van der Waals surface area (Å²) >= 11 is 0. The second-order valence-electron chi connectivity index (χ2n) is 6.04. The number of rotatable bonds is 3. The number of benzene rings is 1. The maximum Gasteiger partial charge on any atom is 0.170 e. The number of hydrogen-bond acceptors (Lipinski definition) is 2. The fraction of sp³-hybridized carbons (Fsp3) is 0.400. The lowest BCUT2D eigenvalue weighted by Crippen LogP contribution is -2.13. The van der Waals surface area contributed by atoms with Gasteiger partial charge >= 0.3 is 0 Å². The zero-order valence-corrected chi connectivity index (χ0v) is 11.7. The van der Waals surface area contributed by atoms with Gasteiger partial charge in [0.25, 0.3) is 0 Å². The van der Waals surface area contributed by atoms with Crippen molar-refractivity contribution in [2.24, 2.45) is 16.3 Å². The van der Waals surface area contributed by atoms with Crippen molar-refractivity contribution >= 4 is 16.7 Å². The SMILES string of the molecule is CC(C)(C)CCn1ccc2c(/C(N)=N/O)cccc21. The third-order valence-corrected chi connectivity index (χ3v) is 3.30. The standard InChI is InChI=1S/C15H21N3O/c1-15(2,3)8-10-18-9-7-11-12(14(16)17-19)5-4-6-13(11)18/h4-7,9,19H,8,10H2,1-3H3,(H2,16,17). The number of aromatic nitrogens is 1. The molecule has 3 N–H and O–H groups in total. The largest absolute Gasteiger partial charge is 0.409 e. The van der Waals surface area contributed by atoms with E-state index >= 15 is 0 Å². The molecule has 2 aromatic rings. The number of nitrogens with two attached hydrogens (primary N) is 1. The van der Waals surface area contributed by atoms with Crippen LogP contribution in [0.25, 0.3) is 10.9 Å². The fourth-order valence-corrected chi connectivity index (χ4v) is 2.15. The van der Waals surface area contributed by atoms with E-state index in [2.05, 4.69) is 42.8 Å².